The summed E-state index contributed by atoms with van der Waals surface area (Å²) < 4.78 is 54.7. The van der Waals surface area contributed by atoms with Crippen molar-refractivity contribution in [1.82, 2.24) is 20.3 Å². The molecule has 1 aliphatic carbocycles. The van der Waals surface area contributed by atoms with Crippen molar-refractivity contribution in [2.24, 2.45) is 22.4 Å². The highest BCUT2D eigenvalue weighted by Crippen LogP contribution is 2.37. The maximum Gasteiger partial charge on any atom is 0.223 e. The minimum atomic E-state index is -0.0688. The summed E-state index contributed by atoms with van der Waals surface area (Å²) in [6, 6.07) is 7.81. The van der Waals surface area contributed by atoms with E-state index in [4.69, 9.17) is 69.2 Å². The average Bonchev–Trinajstić information content (AvgIpc) is 3.92. The number of aromatic nitrogens is 3. The van der Waals surface area contributed by atoms with Crippen LogP contribution < -0.4 is 21.5 Å². The van der Waals surface area contributed by atoms with Crippen molar-refractivity contribution < 1.29 is 52.2 Å². The molecule has 1 aliphatic rings. The van der Waals surface area contributed by atoms with Crippen molar-refractivity contribution in [2.45, 2.75) is 31.6 Å². The molecule has 0 bridgehead atoms. The third kappa shape index (κ3) is 17.9. The number of H-pyrrole nitrogens is 2. The number of benzene rings is 1. The normalized spacial score (nSPS) is 15.8. The number of ether oxygens (including phenoxy) is 10. The van der Waals surface area contributed by atoms with Crippen LogP contribution in [0.25, 0.3) is 22.3 Å². The number of imidazole rings is 1. The Morgan fingerprint density at radius 3 is 1.75 bits per heavy atom. The summed E-state index contributed by atoms with van der Waals surface area (Å²) in [6.45, 7) is 9.73. The highest BCUT2D eigenvalue weighted by atomic mass is 16.6. The van der Waals surface area contributed by atoms with Crippen LogP contribution in [0.3, 0.4) is 0 Å². The topological polar surface area (TPSA) is 254 Å². The monoisotopic (exact) mass is 846 g/mol. The van der Waals surface area contributed by atoms with Crippen LogP contribution in [0.2, 0.25) is 0 Å². The van der Waals surface area contributed by atoms with Gasteiger partial charge in [0.25, 0.3) is 0 Å². The zero-order valence-electron chi connectivity index (χ0n) is 35.1. The van der Waals surface area contributed by atoms with Crippen LogP contribution in [0.15, 0.2) is 29.3 Å². The van der Waals surface area contributed by atoms with Crippen molar-refractivity contribution in [3.8, 4) is 17.1 Å². The molecule has 1 amide bonds. The van der Waals surface area contributed by atoms with Gasteiger partial charge in [-0.3, -0.25) is 10.2 Å². The van der Waals surface area contributed by atoms with Gasteiger partial charge < -0.3 is 74.1 Å². The van der Waals surface area contributed by atoms with E-state index in [-0.39, 0.29) is 23.6 Å². The lowest BCUT2D eigenvalue weighted by molar-refractivity contribution is -0.126. The van der Waals surface area contributed by atoms with Crippen LogP contribution in [0.1, 0.15) is 43.1 Å². The number of hydrogen-bond acceptors (Lipinski definition) is 14. The Hall–Kier alpha value is -4.02. The fraction of sp³-hybridized carbons (Fsp3) is 0.659. The smallest absolute Gasteiger partial charge is 0.223 e. The molecule has 60 heavy (non-hydrogen) atoms. The summed E-state index contributed by atoms with van der Waals surface area (Å²) in [4.78, 5) is 28.6. The van der Waals surface area contributed by atoms with Crippen LogP contribution in [0.5, 0.6) is 5.75 Å². The van der Waals surface area contributed by atoms with Crippen molar-refractivity contribution in [3.63, 3.8) is 0 Å². The number of fused-ring (bicyclic) bond motifs is 1. The second-order valence-corrected chi connectivity index (χ2v) is 13.7. The second-order valence-electron chi connectivity index (χ2n) is 13.7. The van der Waals surface area contributed by atoms with Crippen LogP contribution >= 0.6 is 0 Å². The Labute approximate surface area is 352 Å². The Morgan fingerprint density at radius 1 is 0.767 bits per heavy atom. The highest BCUT2D eigenvalue weighted by molar-refractivity contribution is 6.04. The summed E-state index contributed by atoms with van der Waals surface area (Å²) in [6.07, 6.45) is 4.00. The molecule has 0 unspecified atom stereocenters. The quantitative estimate of drug-likeness (QED) is 0.0283. The molecule has 0 spiro atoms. The van der Waals surface area contributed by atoms with E-state index in [2.05, 4.69) is 20.3 Å². The molecule has 0 radical (unpaired) electrons. The minimum absolute atomic E-state index is 0.0415. The molecular formula is C41H66N8O11. The molecule has 336 valence electrons. The number of carbonyl (C=O) groups is 1. The van der Waals surface area contributed by atoms with Gasteiger partial charge in [0, 0.05) is 30.3 Å². The molecule has 3 aromatic rings. The number of amides is 1. The summed E-state index contributed by atoms with van der Waals surface area (Å²) in [5, 5.41) is 11.4. The number of carbonyl (C=O) groups excluding carboxylic acids is 1. The fourth-order valence-electron chi connectivity index (χ4n) is 6.49. The Balaban J connectivity index is 0.937. The van der Waals surface area contributed by atoms with Crippen molar-refractivity contribution in [3.05, 3.63) is 35.8 Å². The molecule has 1 aromatic carbocycles. The van der Waals surface area contributed by atoms with Crippen LogP contribution in [0, 0.1) is 11.3 Å². The molecule has 0 saturated heterocycles. The molecule has 0 atom stereocenters. The molecular weight excluding hydrogens is 780 g/mol. The zero-order chi connectivity index (χ0) is 42.5. The van der Waals surface area contributed by atoms with E-state index in [0.717, 1.165) is 60.2 Å². The lowest BCUT2D eigenvalue weighted by atomic mass is 9.81. The molecule has 19 heteroatoms. The number of hydrogen-bond donors (Lipinski definition) is 6. The van der Waals surface area contributed by atoms with E-state index < -0.39 is 0 Å². The predicted octanol–water partition coefficient (Wildman–Crippen LogP) is 2.38. The van der Waals surface area contributed by atoms with Gasteiger partial charge in [0.15, 0.2) is 5.84 Å². The van der Waals surface area contributed by atoms with Crippen LogP contribution in [0.4, 0.5) is 0 Å². The van der Waals surface area contributed by atoms with Gasteiger partial charge >= 0.3 is 0 Å². The van der Waals surface area contributed by atoms with E-state index >= 15 is 0 Å². The summed E-state index contributed by atoms with van der Waals surface area (Å²) in [7, 11) is 1.63. The van der Waals surface area contributed by atoms with Gasteiger partial charge in [0.05, 0.1) is 137 Å². The first-order valence-electron chi connectivity index (χ1n) is 20.8. The first-order chi connectivity index (χ1) is 29.5. The number of aromatic amines is 2. The average molecular weight is 847 g/mol. The third-order valence-electron chi connectivity index (χ3n) is 9.54. The van der Waals surface area contributed by atoms with Crippen molar-refractivity contribution >= 4 is 29.0 Å². The molecule has 2 heterocycles. The Bertz CT molecular complexity index is 1650. The third-order valence-corrected chi connectivity index (χ3v) is 9.54. The van der Waals surface area contributed by atoms with E-state index in [0.29, 0.717) is 143 Å². The van der Waals surface area contributed by atoms with Gasteiger partial charge in [-0.2, -0.15) is 0 Å². The lowest BCUT2D eigenvalue weighted by Crippen LogP contribution is -2.35. The maximum absolute atomic E-state index is 12.9. The summed E-state index contributed by atoms with van der Waals surface area (Å²) in [5.74, 6) is 1.79. The Morgan fingerprint density at radius 2 is 1.27 bits per heavy atom. The first-order valence-corrected chi connectivity index (χ1v) is 20.8. The molecule has 1 saturated carbocycles. The molecule has 2 aromatic heterocycles. The van der Waals surface area contributed by atoms with Gasteiger partial charge in [-0.15, -0.1) is 0 Å². The maximum atomic E-state index is 12.9. The van der Waals surface area contributed by atoms with Gasteiger partial charge in [-0.25, -0.2) is 9.98 Å². The zero-order valence-corrected chi connectivity index (χ0v) is 35.1. The number of amidine groups is 1. The van der Waals surface area contributed by atoms with E-state index in [1.165, 1.54) is 0 Å². The van der Waals surface area contributed by atoms with E-state index in [1.807, 2.05) is 24.3 Å². The molecule has 1 fully saturated rings. The molecule has 4 rings (SSSR count). The minimum Gasteiger partial charge on any atom is -0.495 e. The highest BCUT2D eigenvalue weighted by Gasteiger charge is 2.30. The molecule has 0 aliphatic heterocycles. The number of rotatable bonds is 35. The standard InChI is InChI=1S/C41H66N8O11/c1-51-35-4-2-3-33-29-34(47-36(33)35)37-38(39(44)46-30-43)49-40(48-37)31-5-7-32(8-6-31)41(50)45-10-12-53-14-16-55-18-20-57-22-24-59-26-28-60-27-25-58-23-21-56-19-17-54-15-13-52-11-9-42/h2-4,29-32,47H,5-28,42H2,1H3,(H,45,50)(H,48,49)(H3,43,44,46). The van der Waals surface area contributed by atoms with Gasteiger partial charge in [0.2, 0.25) is 5.91 Å². The number of aliphatic imine (C=N–C) groups is 1. The van der Waals surface area contributed by atoms with E-state index in [1.54, 1.807) is 7.11 Å². The summed E-state index contributed by atoms with van der Waals surface area (Å²) in [5.41, 5.74) is 14.4. The lowest BCUT2D eigenvalue weighted by Gasteiger charge is -2.26. The van der Waals surface area contributed by atoms with Crippen molar-refractivity contribution in [2.75, 3.05) is 139 Å². The van der Waals surface area contributed by atoms with Crippen LogP contribution in [-0.4, -0.2) is 172 Å². The summed E-state index contributed by atoms with van der Waals surface area (Å²) >= 11 is 0. The SMILES string of the molecule is COc1cccc2cc(-c3nc(C4CCC(C(=O)NCCOCCOCCOCCOCCOCCOCCOCCOCCOCCN)CC4)[nH]c3C(N)=NC=N)[nH]c12. The number of nitrogens with zero attached hydrogens (tertiary/aromatic N) is 2. The van der Waals surface area contributed by atoms with Gasteiger partial charge in [-0.1, -0.05) is 12.1 Å². The number of methoxy groups -OCH3 is 1. The van der Waals surface area contributed by atoms with Gasteiger partial charge in [-0.05, 0) is 37.8 Å². The number of para-hydroxylation sites is 1. The van der Waals surface area contributed by atoms with Crippen LogP contribution in [-0.2, 0) is 47.4 Å². The fourth-order valence-corrected chi connectivity index (χ4v) is 6.49. The number of nitrogens with one attached hydrogen (secondary N) is 4. The molecule has 19 nitrogen and oxygen atoms in total. The molecule has 8 N–H and O–H groups in total. The predicted molar refractivity (Wildman–Crippen MR) is 226 cm³/mol. The number of nitrogens with two attached hydrogens (primary N) is 2. The Kier molecular flexibility index (Phi) is 24.4. The largest absolute Gasteiger partial charge is 0.495 e. The second kappa shape index (κ2) is 30.1. The van der Waals surface area contributed by atoms with E-state index in [9.17, 15) is 4.79 Å². The first kappa shape index (κ1) is 48.6. The van der Waals surface area contributed by atoms with Gasteiger partial charge in [0.1, 0.15) is 29.3 Å². The van der Waals surface area contributed by atoms with Crippen molar-refractivity contribution in [1.29, 1.82) is 5.41 Å².